The van der Waals surface area contributed by atoms with E-state index in [0.717, 1.165) is 17.1 Å². The molecular weight excluding hydrogens is 173 g/mol. The topological polar surface area (TPSA) is 26.0 Å². The Morgan fingerprint density at radius 1 is 1.25 bits per heavy atom. The van der Waals surface area contributed by atoms with Crippen LogP contribution in [0.1, 0.15) is 5.56 Å². The van der Waals surface area contributed by atoms with Crippen molar-refractivity contribution in [1.82, 2.24) is 0 Å². The van der Waals surface area contributed by atoms with Crippen LogP contribution in [0.25, 0.3) is 0 Å². The Labute approximate surface area is 76.2 Å². The average Bonchev–Trinajstić information content (AvgIpc) is 2.09. The van der Waals surface area contributed by atoms with Crippen molar-refractivity contribution in [2.45, 2.75) is 5.75 Å². The molecule has 0 heterocycles. The highest BCUT2D eigenvalue weighted by Crippen LogP contribution is 2.11. The van der Waals surface area contributed by atoms with Crippen LogP contribution in [-0.4, -0.2) is 12.3 Å². The second kappa shape index (κ2) is 5.17. The molecule has 1 aromatic carbocycles. The molecule has 0 aliphatic carbocycles. The summed E-state index contributed by atoms with van der Waals surface area (Å²) in [5, 5.41) is 0. The third-order valence-electron chi connectivity index (χ3n) is 1.44. The van der Waals surface area contributed by atoms with Crippen LogP contribution in [0.15, 0.2) is 24.3 Å². The van der Waals surface area contributed by atoms with Gasteiger partial charge in [0.2, 0.25) is 0 Å². The van der Waals surface area contributed by atoms with Crippen LogP contribution in [0.5, 0.6) is 0 Å². The van der Waals surface area contributed by atoms with E-state index >= 15 is 0 Å². The third-order valence-corrected chi connectivity index (χ3v) is 2.51. The zero-order valence-electron chi connectivity index (χ0n) is 6.79. The number of hydrogen-bond donors (Lipinski definition) is 1. The maximum Gasteiger partial charge on any atom is 0.123 e. The van der Waals surface area contributed by atoms with E-state index in [0.29, 0.717) is 6.54 Å². The minimum Gasteiger partial charge on any atom is -0.330 e. The Bertz CT molecular complexity index is 222. The minimum absolute atomic E-state index is 0.178. The second-order valence-electron chi connectivity index (χ2n) is 2.47. The summed E-state index contributed by atoms with van der Waals surface area (Å²) in [7, 11) is 0. The number of benzene rings is 1. The summed E-state index contributed by atoms with van der Waals surface area (Å²) in [6.07, 6.45) is 0. The van der Waals surface area contributed by atoms with Crippen molar-refractivity contribution >= 4 is 11.8 Å². The molecule has 0 aromatic heterocycles. The molecule has 0 spiro atoms. The summed E-state index contributed by atoms with van der Waals surface area (Å²) >= 11 is 1.76. The number of halogens is 1. The zero-order valence-corrected chi connectivity index (χ0v) is 7.61. The first kappa shape index (κ1) is 9.55. The normalized spacial score (nSPS) is 10.2. The van der Waals surface area contributed by atoms with Gasteiger partial charge in [-0.3, -0.25) is 0 Å². The minimum atomic E-state index is -0.178. The molecule has 66 valence electrons. The monoisotopic (exact) mass is 185 g/mol. The van der Waals surface area contributed by atoms with E-state index in [4.69, 9.17) is 5.73 Å². The Balaban J connectivity index is 2.37. The highest BCUT2D eigenvalue weighted by molar-refractivity contribution is 7.98. The van der Waals surface area contributed by atoms with Crippen LogP contribution in [0.3, 0.4) is 0 Å². The van der Waals surface area contributed by atoms with Gasteiger partial charge < -0.3 is 5.73 Å². The molecule has 12 heavy (non-hydrogen) atoms. The SMILES string of the molecule is NCCSCc1ccc(F)cc1. The molecule has 0 radical (unpaired) electrons. The lowest BCUT2D eigenvalue weighted by molar-refractivity contribution is 0.627. The van der Waals surface area contributed by atoms with Crippen molar-refractivity contribution in [1.29, 1.82) is 0 Å². The van der Waals surface area contributed by atoms with Crippen molar-refractivity contribution in [3.63, 3.8) is 0 Å². The molecule has 0 aliphatic heterocycles. The number of nitrogens with two attached hydrogens (primary N) is 1. The fourth-order valence-electron chi connectivity index (χ4n) is 0.854. The van der Waals surface area contributed by atoms with Crippen LogP contribution in [-0.2, 0) is 5.75 Å². The van der Waals surface area contributed by atoms with E-state index in [2.05, 4.69) is 0 Å². The fraction of sp³-hybridized carbons (Fsp3) is 0.333. The largest absolute Gasteiger partial charge is 0.330 e. The average molecular weight is 185 g/mol. The Kier molecular flexibility index (Phi) is 4.11. The predicted molar refractivity (Wildman–Crippen MR) is 51.6 cm³/mol. The Morgan fingerprint density at radius 2 is 1.92 bits per heavy atom. The molecule has 3 heteroatoms. The van der Waals surface area contributed by atoms with Gasteiger partial charge in [-0.05, 0) is 17.7 Å². The maximum absolute atomic E-state index is 12.4. The molecule has 2 N–H and O–H groups in total. The Morgan fingerprint density at radius 3 is 2.50 bits per heavy atom. The lowest BCUT2D eigenvalue weighted by atomic mass is 10.2. The van der Waals surface area contributed by atoms with Crippen molar-refractivity contribution < 1.29 is 4.39 Å². The molecule has 0 saturated carbocycles. The third kappa shape index (κ3) is 3.24. The van der Waals surface area contributed by atoms with E-state index in [1.54, 1.807) is 23.9 Å². The summed E-state index contributed by atoms with van der Waals surface area (Å²) in [5.41, 5.74) is 6.48. The van der Waals surface area contributed by atoms with Gasteiger partial charge in [0.25, 0.3) is 0 Å². The van der Waals surface area contributed by atoms with Crippen molar-refractivity contribution in [2.75, 3.05) is 12.3 Å². The lowest BCUT2D eigenvalue weighted by Crippen LogP contribution is -2.01. The van der Waals surface area contributed by atoms with Gasteiger partial charge in [0.1, 0.15) is 5.82 Å². The van der Waals surface area contributed by atoms with Crippen LogP contribution in [0.2, 0.25) is 0 Å². The molecule has 0 unspecified atom stereocenters. The second-order valence-corrected chi connectivity index (χ2v) is 3.57. The first-order valence-corrected chi connectivity index (χ1v) is 5.00. The molecule has 0 bridgehead atoms. The molecule has 1 aromatic rings. The number of rotatable bonds is 4. The predicted octanol–water partition coefficient (Wildman–Crippen LogP) is 2.02. The van der Waals surface area contributed by atoms with Gasteiger partial charge in [0.05, 0.1) is 0 Å². The molecule has 0 atom stereocenters. The quantitative estimate of drug-likeness (QED) is 0.726. The van der Waals surface area contributed by atoms with Gasteiger partial charge in [0, 0.05) is 18.1 Å². The van der Waals surface area contributed by atoms with Crippen LogP contribution in [0.4, 0.5) is 4.39 Å². The van der Waals surface area contributed by atoms with E-state index in [1.807, 2.05) is 0 Å². The lowest BCUT2D eigenvalue weighted by Gasteiger charge is -1.99. The van der Waals surface area contributed by atoms with Gasteiger partial charge in [-0.2, -0.15) is 11.8 Å². The molecule has 1 rings (SSSR count). The first-order valence-electron chi connectivity index (χ1n) is 3.85. The molecule has 1 nitrogen and oxygen atoms in total. The van der Waals surface area contributed by atoms with Gasteiger partial charge in [-0.1, -0.05) is 12.1 Å². The van der Waals surface area contributed by atoms with E-state index < -0.39 is 0 Å². The van der Waals surface area contributed by atoms with E-state index in [-0.39, 0.29) is 5.82 Å². The molecule has 0 fully saturated rings. The van der Waals surface area contributed by atoms with E-state index in [1.165, 1.54) is 12.1 Å². The van der Waals surface area contributed by atoms with Gasteiger partial charge in [-0.25, -0.2) is 4.39 Å². The maximum atomic E-state index is 12.4. The van der Waals surface area contributed by atoms with Gasteiger partial charge in [-0.15, -0.1) is 0 Å². The number of thioether (sulfide) groups is 1. The summed E-state index contributed by atoms with van der Waals surface area (Å²) in [5.74, 6) is 1.69. The molecular formula is C9H12FNS. The summed E-state index contributed by atoms with van der Waals surface area (Å²) in [4.78, 5) is 0. The fourth-order valence-corrected chi connectivity index (χ4v) is 1.59. The van der Waals surface area contributed by atoms with Gasteiger partial charge >= 0.3 is 0 Å². The molecule has 0 saturated heterocycles. The molecule has 0 amide bonds. The number of hydrogen-bond acceptors (Lipinski definition) is 2. The first-order chi connectivity index (χ1) is 5.83. The summed E-state index contributed by atoms with van der Waals surface area (Å²) in [6.45, 7) is 0.700. The smallest absolute Gasteiger partial charge is 0.123 e. The van der Waals surface area contributed by atoms with Crippen LogP contribution in [0, 0.1) is 5.82 Å². The van der Waals surface area contributed by atoms with Crippen LogP contribution >= 0.6 is 11.8 Å². The van der Waals surface area contributed by atoms with Crippen molar-refractivity contribution in [3.8, 4) is 0 Å². The van der Waals surface area contributed by atoms with Crippen LogP contribution < -0.4 is 5.73 Å². The van der Waals surface area contributed by atoms with Gasteiger partial charge in [0.15, 0.2) is 0 Å². The van der Waals surface area contributed by atoms with Crippen molar-refractivity contribution in [3.05, 3.63) is 35.6 Å². The Hall–Kier alpha value is -0.540. The summed E-state index contributed by atoms with van der Waals surface area (Å²) < 4.78 is 12.4. The molecule has 0 aliphatic rings. The van der Waals surface area contributed by atoms with Crippen molar-refractivity contribution in [2.24, 2.45) is 5.73 Å². The highest BCUT2D eigenvalue weighted by Gasteiger charge is 1.93. The zero-order chi connectivity index (χ0) is 8.81. The highest BCUT2D eigenvalue weighted by atomic mass is 32.2. The standard InChI is InChI=1S/C9H12FNS/c10-9-3-1-8(2-4-9)7-12-6-5-11/h1-4H,5-7,11H2. The van der Waals surface area contributed by atoms with E-state index in [9.17, 15) is 4.39 Å². The summed E-state index contributed by atoms with van der Waals surface area (Å²) in [6, 6.07) is 6.58.